The smallest absolute Gasteiger partial charge is 0.220 e. The van der Waals surface area contributed by atoms with Gasteiger partial charge in [-0.05, 0) is 25.0 Å². The van der Waals surface area contributed by atoms with E-state index in [-0.39, 0.29) is 5.91 Å². The van der Waals surface area contributed by atoms with Crippen LogP contribution < -0.4 is 10.2 Å². The van der Waals surface area contributed by atoms with Gasteiger partial charge in [-0.25, -0.2) is 0 Å². The van der Waals surface area contributed by atoms with Gasteiger partial charge in [0.05, 0.1) is 13.2 Å². The summed E-state index contributed by atoms with van der Waals surface area (Å²) in [6.45, 7) is 3.10. The molecule has 3 heterocycles. The number of nitrogens with one attached hydrogen (secondary N) is 1. The second-order valence-electron chi connectivity index (χ2n) is 7.08. The number of rotatable bonds is 5. The number of hydrogen-bond acceptors (Lipinski definition) is 6. The molecule has 140 valence electrons. The first-order chi connectivity index (χ1) is 12.8. The third-order valence-corrected chi connectivity index (χ3v) is 5.19. The minimum atomic E-state index is 0.0954. The maximum Gasteiger partial charge on any atom is 0.220 e. The number of nitrogens with zero attached hydrogens (tertiary/aromatic N) is 5. The number of amides is 1. The molecule has 1 aliphatic heterocycles. The van der Waals surface area contributed by atoms with E-state index in [1.807, 2.05) is 12.1 Å². The van der Waals surface area contributed by atoms with Crippen LogP contribution in [0.5, 0.6) is 0 Å². The van der Waals surface area contributed by atoms with Gasteiger partial charge in [-0.3, -0.25) is 4.79 Å². The van der Waals surface area contributed by atoms with E-state index in [1.54, 1.807) is 4.52 Å². The molecule has 2 aromatic rings. The van der Waals surface area contributed by atoms with E-state index in [4.69, 9.17) is 4.74 Å². The van der Waals surface area contributed by atoms with Gasteiger partial charge in [0.1, 0.15) is 5.82 Å². The molecule has 2 aliphatic rings. The Bertz CT molecular complexity index is 749. The molecule has 1 N–H and O–H groups in total. The van der Waals surface area contributed by atoms with Gasteiger partial charge in [-0.1, -0.05) is 19.3 Å². The Kier molecular flexibility index (Phi) is 5.29. The molecule has 1 amide bonds. The van der Waals surface area contributed by atoms with Crippen molar-refractivity contribution < 1.29 is 9.53 Å². The number of aromatic nitrogens is 4. The van der Waals surface area contributed by atoms with Crippen molar-refractivity contribution in [2.45, 2.75) is 51.0 Å². The Morgan fingerprint density at radius 1 is 1.15 bits per heavy atom. The highest BCUT2D eigenvalue weighted by atomic mass is 16.5. The van der Waals surface area contributed by atoms with Crippen molar-refractivity contribution in [2.24, 2.45) is 0 Å². The molecule has 0 bridgehead atoms. The van der Waals surface area contributed by atoms with Crippen LogP contribution in [-0.4, -0.2) is 58.1 Å². The first-order valence-electron chi connectivity index (χ1n) is 9.63. The number of anilines is 1. The van der Waals surface area contributed by atoms with Gasteiger partial charge in [0.2, 0.25) is 5.91 Å². The average molecular weight is 358 g/mol. The lowest BCUT2D eigenvalue weighted by molar-refractivity contribution is -0.122. The largest absolute Gasteiger partial charge is 0.378 e. The highest BCUT2D eigenvalue weighted by Gasteiger charge is 2.18. The molecule has 0 aromatic carbocycles. The zero-order chi connectivity index (χ0) is 17.8. The highest BCUT2D eigenvalue weighted by Crippen LogP contribution is 2.18. The van der Waals surface area contributed by atoms with Crippen LogP contribution in [0.3, 0.4) is 0 Å². The van der Waals surface area contributed by atoms with Crippen molar-refractivity contribution in [2.75, 3.05) is 31.2 Å². The summed E-state index contributed by atoms with van der Waals surface area (Å²) >= 11 is 0. The maximum absolute atomic E-state index is 12.2. The first-order valence-corrected chi connectivity index (χ1v) is 9.63. The van der Waals surface area contributed by atoms with Crippen LogP contribution in [0, 0.1) is 0 Å². The van der Waals surface area contributed by atoms with E-state index >= 15 is 0 Å². The predicted molar refractivity (Wildman–Crippen MR) is 97.2 cm³/mol. The fourth-order valence-electron chi connectivity index (χ4n) is 3.71. The molecule has 0 spiro atoms. The average Bonchev–Trinajstić information content (AvgIpc) is 3.10. The molecule has 8 heteroatoms. The molecule has 1 saturated heterocycles. The Morgan fingerprint density at radius 3 is 2.77 bits per heavy atom. The molecule has 0 atom stereocenters. The van der Waals surface area contributed by atoms with Crippen molar-refractivity contribution in [3.63, 3.8) is 0 Å². The number of morpholine rings is 1. The van der Waals surface area contributed by atoms with Crippen LogP contribution in [-0.2, 0) is 16.0 Å². The van der Waals surface area contributed by atoms with Gasteiger partial charge in [-0.15, -0.1) is 15.3 Å². The molecule has 4 rings (SSSR count). The van der Waals surface area contributed by atoms with Gasteiger partial charge in [-0.2, -0.15) is 4.52 Å². The second-order valence-corrected chi connectivity index (χ2v) is 7.08. The lowest BCUT2D eigenvalue weighted by atomic mass is 9.95. The number of aryl methyl sites for hydroxylation is 1. The van der Waals surface area contributed by atoms with Crippen molar-refractivity contribution >= 4 is 17.4 Å². The summed E-state index contributed by atoms with van der Waals surface area (Å²) in [5, 5.41) is 16.2. The Balaban J connectivity index is 1.40. The fraction of sp³-hybridized carbons (Fsp3) is 0.667. The van der Waals surface area contributed by atoms with Gasteiger partial charge in [0.15, 0.2) is 11.5 Å². The first kappa shape index (κ1) is 17.2. The summed E-state index contributed by atoms with van der Waals surface area (Å²) in [7, 11) is 0. The molecule has 1 aliphatic carbocycles. The van der Waals surface area contributed by atoms with E-state index in [0.717, 1.165) is 50.8 Å². The molecule has 26 heavy (non-hydrogen) atoms. The lowest BCUT2D eigenvalue weighted by Gasteiger charge is -2.27. The minimum absolute atomic E-state index is 0.0954. The number of fused-ring (bicyclic) bond motifs is 1. The molecule has 2 fully saturated rings. The summed E-state index contributed by atoms with van der Waals surface area (Å²) in [4.78, 5) is 14.4. The zero-order valence-corrected chi connectivity index (χ0v) is 15.1. The Morgan fingerprint density at radius 2 is 1.96 bits per heavy atom. The van der Waals surface area contributed by atoms with Crippen molar-refractivity contribution in [1.29, 1.82) is 0 Å². The predicted octanol–water partition coefficient (Wildman–Crippen LogP) is 1.34. The molecular weight excluding hydrogens is 332 g/mol. The summed E-state index contributed by atoms with van der Waals surface area (Å²) in [5.41, 5.74) is 0.713. The van der Waals surface area contributed by atoms with E-state index < -0.39 is 0 Å². The van der Waals surface area contributed by atoms with E-state index in [9.17, 15) is 4.79 Å². The van der Waals surface area contributed by atoms with E-state index in [2.05, 4.69) is 25.5 Å². The number of hydrogen-bond donors (Lipinski definition) is 1. The molecule has 1 saturated carbocycles. The van der Waals surface area contributed by atoms with Gasteiger partial charge in [0.25, 0.3) is 0 Å². The van der Waals surface area contributed by atoms with Crippen LogP contribution in [0.15, 0.2) is 12.1 Å². The number of carbonyl (C=O) groups excluding carboxylic acids is 1. The molecule has 0 unspecified atom stereocenters. The molecule has 0 radical (unpaired) electrons. The minimum Gasteiger partial charge on any atom is -0.378 e. The summed E-state index contributed by atoms with van der Waals surface area (Å²) in [6, 6.07) is 4.24. The van der Waals surface area contributed by atoms with E-state index in [0.29, 0.717) is 24.5 Å². The zero-order valence-electron chi connectivity index (χ0n) is 15.1. The normalized spacial score (nSPS) is 19.0. The van der Waals surface area contributed by atoms with Crippen LogP contribution in [0.2, 0.25) is 0 Å². The van der Waals surface area contributed by atoms with Crippen molar-refractivity contribution in [1.82, 2.24) is 25.1 Å². The third-order valence-electron chi connectivity index (χ3n) is 5.19. The van der Waals surface area contributed by atoms with Crippen LogP contribution in [0.25, 0.3) is 5.65 Å². The monoisotopic (exact) mass is 358 g/mol. The van der Waals surface area contributed by atoms with Gasteiger partial charge < -0.3 is 15.0 Å². The van der Waals surface area contributed by atoms with Crippen molar-refractivity contribution in [3.8, 4) is 0 Å². The molecular formula is C18H26N6O2. The Hall–Kier alpha value is -2.22. The van der Waals surface area contributed by atoms with Crippen LogP contribution in [0.4, 0.5) is 5.82 Å². The molecule has 2 aromatic heterocycles. The van der Waals surface area contributed by atoms with E-state index in [1.165, 1.54) is 19.3 Å². The van der Waals surface area contributed by atoms with Crippen molar-refractivity contribution in [3.05, 3.63) is 18.0 Å². The maximum atomic E-state index is 12.2. The molecule has 8 nitrogen and oxygen atoms in total. The van der Waals surface area contributed by atoms with Gasteiger partial charge >= 0.3 is 0 Å². The summed E-state index contributed by atoms with van der Waals surface area (Å²) < 4.78 is 7.16. The fourth-order valence-corrected chi connectivity index (χ4v) is 3.71. The van der Waals surface area contributed by atoms with Crippen LogP contribution >= 0.6 is 0 Å². The number of carbonyl (C=O) groups is 1. The van der Waals surface area contributed by atoms with Gasteiger partial charge in [0, 0.05) is 32.0 Å². The quantitative estimate of drug-likeness (QED) is 0.868. The second kappa shape index (κ2) is 7.99. The topological polar surface area (TPSA) is 84.7 Å². The van der Waals surface area contributed by atoms with Crippen LogP contribution in [0.1, 0.15) is 44.3 Å². The highest BCUT2D eigenvalue weighted by molar-refractivity contribution is 5.76. The Labute approximate surface area is 152 Å². The summed E-state index contributed by atoms with van der Waals surface area (Å²) in [6.07, 6.45) is 6.88. The lowest BCUT2D eigenvalue weighted by Crippen LogP contribution is -2.37. The standard InChI is InChI=1S/C18H26N6O2/c25-18(19-14-4-2-1-3-5-14)9-8-16-21-20-15-6-7-17(22-24(15)16)23-10-12-26-13-11-23/h6-7,14H,1-5,8-13H2,(H,19,25). The third kappa shape index (κ3) is 3.95. The summed E-state index contributed by atoms with van der Waals surface area (Å²) in [5.74, 6) is 1.72. The SMILES string of the molecule is O=C(CCc1nnc2ccc(N3CCOCC3)nn12)NC1CCCCC1. The number of ether oxygens (including phenoxy) is 1.